The van der Waals surface area contributed by atoms with Gasteiger partial charge in [-0.2, -0.15) is 0 Å². The third-order valence-electron chi connectivity index (χ3n) is 1.59. The van der Waals surface area contributed by atoms with E-state index in [4.69, 9.17) is 4.74 Å². The maximum atomic E-state index is 11.0. The molecular formula is C6H8Br2O2. The number of halogens is 2. The minimum absolute atomic E-state index is 0.180. The lowest BCUT2D eigenvalue weighted by molar-refractivity contribution is -0.148. The molecule has 0 aromatic rings. The fraction of sp³-hybridized carbons (Fsp3) is 0.833. The van der Waals surface area contributed by atoms with Crippen molar-refractivity contribution in [2.45, 2.75) is 22.5 Å². The zero-order chi connectivity index (χ0) is 7.78. The molecule has 1 aliphatic heterocycles. The van der Waals surface area contributed by atoms with Crippen molar-refractivity contribution in [2.75, 3.05) is 6.61 Å². The zero-order valence-electron chi connectivity index (χ0n) is 5.56. The Bertz CT molecular complexity index is 156. The monoisotopic (exact) mass is 270 g/mol. The van der Waals surface area contributed by atoms with E-state index < -0.39 is 4.32 Å². The van der Waals surface area contributed by atoms with Gasteiger partial charge in [0.1, 0.15) is 4.32 Å². The maximum absolute atomic E-state index is 11.0. The second-order valence-electron chi connectivity index (χ2n) is 2.47. The SMILES string of the molecule is C[C@]1(Br)C(=O)OCC[C@@H]1Br. The van der Waals surface area contributed by atoms with Crippen molar-refractivity contribution in [2.24, 2.45) is 0 Å². The minimum atomic E-state index is -0.536. The van der Waals surface area contributed by atoms with E-state index in [1.54, 1.807) is 0 Å². The minimum Gasteiger partial charge on any atom is -0.465 e. The van der Waals surface area contributed by atoms with E-state index in [1.807, 2.05) is 6.92 Å². The van der Waals surface area contributed by atoms with Crippen LogP contribution in [0.5, 0.6) is 0 Å². The first-order chi connectivity index (χ1) is 4.55. The smallest absolute Gasteiger partial charge is 0.323 e. The van der Waals surface area contributed by atoms with E-state index in [1.165, 1.54) is 0 Å². The summed E-state index contributed by atoms with van der Waals surface area (Å²) >= 11 is 6.70. The Labute approximate surface area is 76.6 Å². The standard InChI is InChI=1S/C6H8Br2O2/c1-6(8)4(7)2-3-10-5(6)9/h4H,2-3H2,1H3/t4-,6+/m0/s1. The first kappa shape index (κ1) is 8.53. The van der Waals surface area contributed by atoms with Gasteiger partial charge in [-0.1, -0.05) is 31.9 Å². The second kappa shape index (κ2) is 2.81. The topological polar surface area (TPSA) is 26.3 Å². The van der Waals surface area contributed by atoms with Crippen molar-refractivity contribution in [1.82, 2.24) is 0 Å². The van der Waals surface area contributed by atoms with Gasteiger partial charge in [-0.05, 0) is 13.3 Å². The summed E-state index contributed by atoms with van der Waals surface area (Å²) in [5.74, 6) is -0.180. The summed E-state index contributed by atoms with van der Waals surface area (Å²) in [6.07, 6.45) is 0.869. The van der Waals surface area contributed by atoms with Gasteiger partial charge in [0.05, 0.1) is 6.61 Å². The molecule has 1 rings (SSSR count). The van der Waals surface area contributed by atoms with Gasteiger partial charge < -0.3 is 4.74 Å². The van der Waals surface area contributed by atoms with Crippen molar-refractivity contribution in [1.29, 1.82) is 0 Å². The average Bonchev–Trinajstić information content (AvgIpc) is 1.84. The molecule has 0 saturated carbocycles. The molecule has 0 spiro atoms. The first-order valence-electron chi connectivity index (χ1n) is 3.05. The van der Waals surface area contributed by atoms with Crippen LogP contribution in [0.3, 0.4) is 0 Å². The van der Waals surface area contributed by atoms with Crippen molar-refractivity contribution < 1.29 is 9.53 Å². The largest absolute Gasteiger partial charge is 0.465 e. The Hall–Kier alpha value is 0.430. The summed E-state index contributed by atoms with van der Waals surface area (Å²) in [7, 11) is 0. The predicted molar refractivity (Wildman–Crippen MR) is 45.6 cm³/mol. The number of carbonyl (C=O) groups excluding carboxylic acids is 1. The van der Waals surface area contributed by atoms with E-state index in [0.29, 0.717) is 6.61 Å². The van der Waals surface area contributed by atoms with Crippen LogP contribution in [0.15, 0.2) is 0 Å². The van der Waals surface area contributed by atoms with Crippen LogP contribution in [0.1, 0.15) is 13.3 Å². The molecule has 58 valence electrons. The van der Waals surface area contributed by atoms with E-state index in [0.717, 1.165) is 6.42 Å². The lowest BCUT2D eigenvalue weighted by Crippen LogP contribution is -2.44. The Morgan fingerprint density at radius 3 is 2.80 bits per heavy atom. The average molecular weight is 272 g/mol. The van der Waals surface area contributed by atoms with Gasteiger partial charge >= 0.3 is 5.97 Å². The lowest BCUT2D eigenvalue weighted by atomic mass is 10.0. The van der Waals surface area contributed by atoms with E-state index in [9.17, 15) is 4.79 Å². The van der Waals surface area contributed by atoms with E-state index in [2.05, 4.69) is 31.9 Å². The molecule has 0 aromatic carbocycles. The van der Waals surface area contributed by atoms with Gasteiger partial charge in [-0.15, -0.1) is 0 Å². The summed E-state index contributed by atoms with van der Waals surface area (Å²) in [6, 6.07) is 0. The number of rotatable bonds is 0. The molecule has 1 saturated heterocycles. The Morgan fingerprint density at radius 2 is 2.40 bits per heavy atom. The third-order valence-corrected chi connectivity index (χ3v) is 4.46. The van der Waals surface area contributed by atoms with Gasteiger partial charge in [-0.25, -0.2) is 0 Å². The highest BCUT2D eigenvalue weighted by Crippen LogP contribution is 2.34. The number of carbonyl (C=O) groups is 1. The number of hydrogen-bond acceptors (Lipinski definition) is 2. The molecule has 0 radical (unpaired) electrons. The molecule has 0 N–H and O–H groups in total. The zero-order valence-corrected chi connectivity index (χ0v) is 8.74. The molecule has 1 aliphatic rings. The number of esters is 1. The van der Waals surface area contributed by atoms with Crippen LogP contribution in [-0.2, 0) is 9.53 Å². The maximum Gasteiger partial charge on any atom is 0.323 e. The molecule has 1 fully saturated rings. The van der Waals surface area contributed by atoms with Gasteiger partial charge in [0.2, 0.25) is 0 Å². The van der Waals surface area contributed by atoms with Gasteiger partial charge in [-0.3, -0.25) is 4.79 Å². The van der Waals surface area contributed by atoms with Crippen LogP contribution in [0.25, 0.3) is 0 Å². The van der Waals surface area contributed by atoms with Gasteiger partial charge in [0.25, 0.3) is 0 Å². The fourth-order valence-electron chi connectivity index (χ4n) is 0.795. The molecule has 2 atom stereocenters. The van der Waals surface area contributed by atoms with Crippen molar-refractivity contribution >= 4 is 37.8 Å². The van der Waals surface area contributed by atoms with Crippen LogP contribution in [0.4, 0.5) is 0 Å². The van der Waals surface area contributed by atoms with E-state index in [-0.39, 0.29) is 10.8 Å². The van der Waals surface area contributed by atoms with Crippen LogP contribution in [-0.4, -0.2) is 21.7 Å². The van der Waals surface area contributed by atoms with Crippen molar-refractivity contribution in [3.8, 4) is 0 Å². The Kier molecular flexibility index (Phi) is 2.40. The number of hydrogen-bond donors (Lipinski definition) is 0. The summed E-state index contributed by atoms with van der Waals surface area (Å²) in [4.78, 5) is 11.2. The van der Waals surface area contributed by atoms with Crippen molar-refractivity contribution in [3.05, 3.63) is 0 Å². The van der Waals surface area contributed by atoms with Crippen LogP contribution >= 0.6 is 31.9 Å². The number of ether oxygens (including phenoxy) is 1. The lowest BCUT2D eigenvalue weighted by Gasteiger charge is -2.30. The Balaban J connectivity index is 2.73. The fourth-order valence-corrected chi connectivity index (χ4v) is 1.51. The summed E-state index contributed by atoms with van der Waals surface area (Å²) in [6.45, 7) is 2.34. The first-order valence-corrected chi connectivity index (χ1v) is 4.76. The number of cyclic esters (lactones) is 1. The predicted octanol–water partition coefficient (Wildman–Crippen LogP) is 1.85. The molecular weight excluding hydrogens is 264 g/mol. The summed E-state index contributed by atoms with van der Waals surface area (Å²) in [5.41, 5.74) is 0. The molecule has 2 nitrogen and oxygen atoms in total. The molecule has 4 heteroatoms. The highest BCUT2D eigenvalue weighted by Gasteiger charge is 2.41. The molecule has 0 aromatic heterocycles. The molecule has 0 amide bonds. The molecule has 10 heavy (non-hydrogen) atoms. The van der Waals surface area contributed by atoms with Gasteiger partial charge in [0, 0.05) is 4.83 Å². The van der Waals surface area contributed by atoms with Crippen LogP contribution < -0.4 is 0 Å². The van der Waals surface area contributed by atoms with Crippen molar-refractivity contribution in [3.63, 3.8) is 0 Å². The number of alkyl halides is 2. The summed E-state index contributed by atoms with van der Waals surface area (Å²) < 4.78 is 4.31. The van der Waals surface area contributed by atoms with Crippen LogP contribution in [0, 0.1) is 0 Å². The summed E-state index contributed by atoms with van der Waals surface area (Å²) in [5, 5.41) is 0. The highest BCUT2D eigenvalue weighted by atomic mass is 79.9. The normalized spacial score (nSPS) is 41.1. The molecule has 0 unspecified atom stereocenters. The van der Waals surface area contributed by atoms with E-state index >= 15 is 0 Å². The third kappa shape index (κ3) is 1.37. The molecule has 0 bridgehead atoms. The van der Waals surface area contributed by atoms with Gasteiger partial charge in [0.15, 0.2) is 0 Å². The highest BCUT2D eigenvalue weighted by molar-refractivity contribution is 9.12. The molecule has 0 aliphatic carbocycles. The van der Waals surface area contributed by atoms with Crippen LogP contribution in [0.2, 0.25) is 0 Å². The quantitative estimate of drug-likeness (QED) is 0.497. The molecule has 1 heterocycles. The second-order valence-corrected chi connectivity index (χ2v) is 5.22. The Morgan fingerprint density at radius 1 is 1.80 bits per heavy atom.